The zero-order chi connectivity index (χ0) is 23.0. The van der Waals surface area contributed by atoms with E-state index in [0.29, 0.717) is 5.56 Å². The Morgan fingerprint density at radius 3 is 2.48 bits per heavy atom. The molecule has 0 aliphatic heterocycles. The topological polar surface area (TPSA) is 105 Å². The second-order valence-electron chi connectivity index (χ2n) is 6.77. The molecule has 4 aromatic rings. The molecule has 166 valence electrons. The second-order valence-corrected chi connectivity index (χ2v) is 10.2. The van der Waals surface area contributed by atoms with E-state index in [9.17, 15) is 9.59 Å². The number of fused-ring (bicyclic) bond motifs is 1. The molecule has 1 aromatic heterocycles. The summed E-state index contributed by atoms with van der Waals surface area (Å²) in [6, 6.07) is 20.8. The molecule has 3 aromatic carbocycles. The van der Waals surface area contributed by atoms with E-state index in [0.717, 1.165) is 14.4 Å². The maximum Gasteiger partial charge on any atom is 0.335 e. The predicted octanol–water partition coefficient (Wildman–Crippen LogP) is 4.92. The predicted molar refractivity (Wildman–Crippen MR) is 133 cm³/mol. The lowest BCUT2D eigenvalue weighted by Crippen LogP contribution is -2.19. The number of carboxylic acid groups (broad SMARTS) is 1. The SMILES string of the molecule is O=C(CSc1nnc(SCc2cccc3ccccc23)s1)N/N=C/c1ccc(C(=O)O)cc1. The molecule has 33 heavy (non-hydrogen) atoms. The number of carbonyl (C=O) groups is 2. The van der Waals surface area contributed by atoms with Gasteiger partial charge in [-0.15, -0.1) is 10.2 Å². The number of carboxylic acids is 1. The molecule has 7 nitrogen and oxygen atoms in total. The number of thioether (sulfide) groups is 2. The molecule has 10 heteroatoms. The van der Waals surface area contributed by atoms with Gasteiger partial charge < -0.3 is 5.11 Å². The number of rotatable bonds is 9. The van der Waals surface area contributed by atoms with Crippen molar-refractivity contribution in [2.75, 3.05) is 5.75 Å². The van der Waals surface area contributed by atoms with Crippen LogP contribution < -0.4 is 5.43 Å². The van der Waals surface area contributed by atoms with E-state index in [-0.39, 0.29) is 17.2 Å². The summed E-state index contributed by atoms with van der Waals surface area (Å²) in [5.41, 5.74) is 4.58. The average Bonchev–Trinajstić information content (AvgIpc) is 3.29. The minimum absolute atomic E-state index is 0.165. The summed E-state index contributed by atoms with van der Waals surface area (Å²) in [5.74, 6) is -0.296. The molecule has 0 aliphatic carbocycles. The average molecular weight is 495 g/mol. The monoisotopic (exact) mass is 494 g/mol. The van der Waals surface area contributed by atoms with Crippen LogP contribution in [0.4, 0.5) is 0 Å². The molecular weight excluding hydrogens is 476 g/mol. The summed E-state index contributed by atoms with van der Waals surface area (Å²) in [6.07, 6.45) is 1.46. The summed E-state index contributed by atoms with van der Waals surface area (Å²) in [5, 5.41) is 23.6. The molecule has 0 aliphatic rings. The van der Waals surface area contributed by atoms with Gasteiger partial charge in [0.25, 0.3) is 5.91 Å². The highest BCUT2D eigenvalue weighted by Gasteiger charge is 2.09. The van der Waals surface area contributed by atoms with Gasteiger partial charge in [-0.3, -0.25) is 4.79 Å². The van der Waals surface area contributed by atoms with Crippen molar-refractivity contribution in [3.63, 3.8) is 0 Å². The van der Waals surface area contributed by atoms with Gasteiger partial charge in [0.1, 0.15) is 0 Å². The van der Waals surface area contributed by atoms with Gasteiger partial charge in [0.15, 0.2) is 8.68 Å². The number of aromatic nitrogens is 2. The molecule has 0 saturated carbocycles. The number of benzene rings is 3. The molecule has 1 amide bonds. The maximum absolute atomic E-state index is 12.0. The van der Waals surface area contributed by atoms with E-state index in [4.69, 9.17) is 5.11 Å². The summed E-state index contributed by atoms with van der Waals surface area (Å²) in [4.78, 5) is 22.9. The Morgan fingerprint density at radius 1 is 0.970 bits per heavy atom. The van der Waals surface area contributed by atoms with E-state index in [2.05, 4.69) is 51.1 Å². The van der Waals surface area contributed by atoms with Crippen molar-refractivity contribution in [3.8, 4) is 0 Å². The Balaban J connectivity index is 1.24. The fourth-order valence-electron chi connectivity index (χ4n) is 2.92. The maximum atomic E-state index is 12.0. The molecule has 1 heterocycles. The van der Waals surface area contributed by atoms with Crippen LogP contribution in [-0.2, 0) is 10.5 Å². The van der Waals surface area contributed by atoms with Gasteiger partial charge in [-0.25, -0.2) is 10.2 Å². The van der Waals surface area contributed by atoms with Crippen LogP contribution in [0.25, 0.3) is 10.8 Å². The molecule has 2 N–H and O–H groups in total. The van der Waals surface area contributed by atoms with Crippen molar-refractivity contribution < 1.29 is 14.7 Å². The quantitative estimate of drug-likeness (QED) is 0.193. The fraction of sp³-hybridized carbons (Fsp3) is 0.0870. The molecule has 0 saturated heterocycles. The summed E-state index contributed by atoms with van der Waals surface area (Å²) >= 11 is 4.39. The first-order chi connectivity index (χ1) is 16.1. The van der Waals surface area contributed by atoms with E-state index < -0.39 is 5.97 Å². The number of aromatic carboxylic acids is 1. The lowest BCUT2D eigenvalue weighted by Gasteiger charge is -2.04. The Kier molecular flexibility index (Phi) is 7.71. The minimum atomic E-state index is -0.990. The highest BCUT2D eigenvalue weighted by atomic mass is 32.2. The van der Waals surface area contributed by atoms with Crippen molar-refractivity contribution in [3.05, 3.63) is 83.4 Å². The molecule has 0 radical (unpaired) electrons. The van der Waals surface area contributed by atoms with Crippen molar-refractivity contribution in [1.82, 2.24) is 15.6 Å². The Labute approximate surface area is 202 Å². The summed E-state index contributed by atoms with van der Waals surface area (Å²) in [6.45, 7) is 0. The van der Waals surface area contributed by atoms with Gasteiger partial charge in [0.05, 0.1) is 17.5 Å². The van der Waals surface area contributed by atoms with Crippen molar-refractivity contribution >= 4 is 63.7 Å². The summed E-state index contributed by atoms with van der Waals surface area (Å²) in [7, 11) is 0. The van der Waals surface area contributed by atoms with Crippen LogP contribution >= 0.6 is 34.9 Å². The molecule has 0 fully saturated rings. The first kappa shape index (κ1) is 23.0. The van der Waals surface area contributed by atoms with Crippen molar-refractivity contribution in [2.24, 2.45) is 5.10 Å². The fourth-order valence-corrected chi connectivity index (χ4v) is 5.74. The largest absolute Gasteiger partial charge is 0.478 e. The van der Waals surface area contributed by atoms with E-state index in [1.165, 1.54) is 57.8 Å². The van der Waals surface area contributed by atoms with Gasteiger partial charge in [0, 0.05) is 5.75 Å². The first-order valence-electron chi connectivity index (χ1n) is 9.79. The molecule has 0 unspecified atom stereocenters. The lowest BCUT2D eigenvalue weighted by atomic mass is 10.1. The Bertz CT molecular complexity index is 1300. The number of hydrazone groups is 1. The van der Waals surface area contributed by atoms with E-state index in [1.807, 2.05) is 12.1 Å². The van der Waals surface area contributed by atoms with Crippen LogP contribution in [0.15, 0.2) is 80.5 Å². The Hall–Kier alpha value is -3.21. The van der Waals surface area contributed by atoms with Gasteiger partial charge in [-0.2, -0.15) is 5.10 Å². The zero-order valence-electron chi connectivity index (χ0n) is 17.2. The number of nitrogens with one attached hydrogen (secondary N) is 1. The van der Waals surface area contributed by atoms with Gasteiger partial charge in [-0.05, 0) is 34.0 Å². The molecule has 0 atom stereocenters. The number of hydrogen-bond acceptors (Lipinski definition) is 8. The van der Waals surface area contributed by atoms with Crippen LogP contribution in [0, 0.1) is 0 Å². The first-order valence-corrected chi connectivity index (χ1v) is 12.6. The van der Waals surface area contributed by atoms with E-state index >= 15 is 0 Å². The van der Waals surface area contributed by atoms with Gasteiger partial charge >= 0.3 is 5.97 Å². The van der Waals surface area contributed by atoms with Crippen LogP contribution in [0.5, 0.6) is 0 Å². The number of amides is 1. The van der Waals surface area contributed by atoms with Crippen LogP contribution in [0.3, 0.4) is 0 Å². The zero-order valence-corrected chi connectivity index (χ0v) is 19.6. The summed E-state index contributed by atoms with van der Waals surface area (Å²) < 4.78 is 1.58. The molecular formula is C23H18N4O3S3. The smallest absolute Gasteiger partial charge is 0.335 e. The van der Waals surface area contributed by atoms with Crippen LogP contribution in [-0.4, -0.2) is 39.1 Å². The second kappa shape index (κ2) is 11.1. The standard InChI is InChI=1S/C23H18N4O3S3/c28-20(25-24-12-15-8-10-17(11-9-15)21(29)30)14-32-23-27-26-22(33-23)31-13-18-6-3-5-16-4-1-2-7-19(16)18/h1-12H,13-14H2,(H,25,28)(H,29,30)/b24-12+. The third kappa shape index (κ3) is 6.41. The van der Waals surface area contributed by atoms with Crippen molar-refractivity contribution in [2.45, 2.75) is 14.4 Å². The van der Waals surface area contributed by atoms with Crippen LogP contribution in [0.2, 0.25) is 0 Å². The minimum Gasteiger partial charge on any atom is -0.478 e. The molecule has 0 spiro atoms. The third-order valence-corrected chi connectivity index (χ3v) is 7.74. The normalized spacial score (nSPS) is 11.2. The molecule has 0 bridgehead atoms. The number of carbonyl (C=O) groups excluding carboxylic acids is 1. The lowest BCUT2D eigenvalue weighted by molar-refractivity contribution is -0.118. The Morgan fingerprint density at radius 2 is 1.70 bits per heavy atom. The van der Waals surface area contributed by atoms with Gasteiger partial charge in [0.2, 0.25) is 0 Å². The van der Waals surface area contributed by atoms with Crippen LogP contribution in [0.1, 0.15) is 21.5 Å². The van der Waals surface area contributed by atoms with Gasteiger partial charge in [-0.1, -0.05) is 89.5 Å². The third-order valence-electron chi connectivity index (χ3n) is 4.51. The number of nitrogens with zero attached hydrogens (tertiary/aromatic N) is 3. The van der Waals surface area contributed by atoms with E-state index in [1.54, 1.807) is 23.9 Å². The highest BCUT2D eigenvalue weighted by molar-refractivity contribution is 8.03. The number of hydrogen-bond donors (Lipinski definition) is 2. The highest BCUT2D eigenvalue weighted by Crippen LogP contribution is 2.32. The molecule has 4 rings (SSSR count). The van der Waals surface area contributed by atoms with Crippen molar-refractivity contribution in [1.29, 1.82) is 0 Å².